The van der Waals surface area contributed by atoms with Crippen molar-refractivity contribution in [1.82, 2.24) is 4.90 Å². The lowest BCUT2D eigenvalue weighted by Gasteiger charge is -2.15. The van der Waals surface area contributed by atoms with Crippen LogP contribution in [0, 0.1) is 11.8 Å². The minimum Gasteiger partial charge on any atom is -0.282 e. The number of rotatable bonds is 9. The van der Waals surface area contributed by atoms with Crippen LogP contribution in [0.1, 0.15) is 51.4 Å². The number of hydrogen-bond donors (Lipinski definition) is 1. The standard InChI is InChI=1S/C14H23NO2S/c16-13-11-10-12(11)14(17)15(13)8-6-4-2-1-3-5-7-9-18/h11-12,18H,1-10H2. The van der Waals surface area contributed by atoms with Gasteiger partial charge in [0, 0.05) is 6.54 Å². The van der Waals surface area contributed by atoms with Gasteiger partial charge < -0.3 is 0 Å². The van der Waals surface area contributed by atoms with Gasteiger partial charge in [-0.3, -0.25) is 14.5 Å². The molecule has 102 valence electrons. The average molecular weight is 269 g/mol. The number of carbonyl (C=O) groups excluding carboxylic acids is 2. The lowest BCUT2D eigenvalue weighted by atomic mass is 10.1. The van der Waals surface area contributed by atoms with Crippen LogP contribution < -0.4 is 0 Å². The monoisotopic (exact) mass is 269 g/mol. The van der Waals surface area contributed by atoms with E-state index in [1.54, 1.807) is 0 Å². The van der Waals surface area contributed by atoms with Crippen molar-refractivity contribution < 1.29 is 9.59 Å². The molecule has 2 aliphatic rings. The Morgan fingerprint density at radius 1 is 0.889 bits per heavy atom. The van der Waals surface area contributed by atoms with Gasteiger partial charge >= 0.3 is 0 Å². The number of imide groups is 1. The van der Waals surface area contributed by atoms with E-state index in [1.165, 1.54) is 37.0 Å². The number of hydrogen-bond acceptors (Lipinski definition) is 3. The van der Waals surface area contributed by atoms with E-state index in [0.29, 0.717) is 6.54 Å². The maximum Gasteiger partial charge on any atom is 0.233 e. The van der Waals surface area contributed by atoms with Crippen LogP contribution in [-0.2, 0) is 9.59 Å². The third-order valence-electron chi connectivity index (χ3n) is 4.00. The maximum absolute atomic E-state index is 11.7. The van der Waals surface area contributed by atoms with Crippen LogP contribution in [0.15, 0.2) is 0 Å². The number of thiol groups is 1. The molecular weight excluding hydrogens is 246 g/mol. The summed E-state index contributed by atoms with van der Waals surface area (Å²) in [5.74, 6) is 1.32. The molecule has 18 heavy (non-hydrogen) atoms. The molecule has 1 saturated carbocycles. The van der Waals surface area contributed by atoms with Crippen molar-refractivity contribution in [3.05, 3.63) is 0 Å². The van der Waals surface area contributed by atoms with E-state index >= 15 is 0 Å². The largest absolute Gasteiger partial charge is 0.282 e. The lowest BCUT2D eigenvalue weighted by molar-refractivity contribution is -0.141. The maximum atomic E-state index is 11.7. The molecule has 2 unspecified atom stereocenters. The SMILES string of the molecule is O=C1C2CC2C(=O)N1CCCCCCCCCS. The molecule has 0 spiro atoms. The van der Waals surface area contributed by atoms with Crippen LogP contribution in [0.25, 0.3) is 0 Å². The first-order valence-electron chi connectivity index (χ1n) is 7.22. The molecule has 0 bridgehead atoms. The first-order valence-corrected chi connectivity index (χ1v) is 7.85. The highest BCUT2D eigenvalue weighted by Crippen LogP contribution is 2.46. The van der Waals surface area contributed by atoms with Gasteiger partial charge in [0.15, 0.2) is 0 Å². The van der Waals surface area contributed by atoms with Crippen molar-refractivity contribution in [3.63, 3.8) is 0 Å². The summed E-state index contributed by atoms with van der Waals surface area (Å²) < 4.78 is 0. The Kier molecular flexibility index (Phi) is 5.10. The molecule has 0 N–H and O–H groups in total. The number of carbonyl (C=O) groups is 2. The van der Waals surface area contributed by atoms with Gasteiger partial charge in [0.25, 0.3) is 0 Å². The first-order chi connectivity index (χ1) is 8.75. The second kappa shape index (κ2) is 6.60. The number of piperidine rings is 1. The van der Waals surface area contributed by atoms with Gasteiger partial charge in [-0.1, -0.05) is 32.1 Å². The molecule has 2 rings (SSSR count). The van der Waals surface area contributed by atoms with Crippen molar-refractivity contribution >= 4 is 24.4 Å². The third kappa shape index (κ3) is 3.28. The summed E-state index contributed by atoms with van der Waals surface area (Å²) in [5, 5.41) is 0. The normalized spacial score (nSPS) is 25.7. The molecule has 0 radical (unpaired) electrons. The fraction of sp³-hybridized carbons (Fsp3) is 0.857. The van der Waals surface area contributed by atoms with Crippen molar-refractivity contribution in [2.75, 3.05) is 12.3 Å². The predicted octanol–water partition coefficient (Wildman–Crippen LogP) is 2.65. The Labute approximate surface area is 115 Å². The molecule has 0 aromatic carbocycles. The molecule has 2 atom stereocenters. The summed E-state index contributed by atoms with van der Waals surface area (Å²) in [6, 6.07) is 0. The summed E-state index contributed by atoms with van der Waals surface area (Å²) in [6.07, 6.45) is 9.18. The predicted molar refractivity (Wildman–Crippen MR) is 74.5 cm³/mol. The molecule has 1 saturated heterocycles. The smallest absolute Gasteiger partial charge is 0.233 e. The van der Waals surface area contributed by atoms with Crippen LogP contribution in [0.2, 0.25) is 0 Å². The van der Waals surface area contributed by atoms with Gasteiger partial charge in [-0.15, -0.1) is 0 Å². The van der Waals surface area contributed by atoms with E-state index in [1.807, 2.05) is 0 Å². The van der Waals surface area contributed by atoms with Crippen LogP contribution in [0.3, 0.4) is 0 Å². The summed E-state index contributed by atoms with van der Waals surface area (Å²) in [4.78, 5) is 24.9. The second-order valence-corrected chi connectivity index (χ2v) is 5.92. The molecule has 3 nitrogen and oxygen atoms in total. The number of nitrogens with zero attached hydrogens (tertiary/aromatic N) is 1. The van der Waals surface area contributed by atoms with E-state index in [0.717, 1.165) is 25.0 Å². The van der Waals surface area contributed by atoms with Crippen molar-refractivity contribution in [3.8, 4) is 0 Å². The minimum absolute atomic E-state index is 0.0683. The molecular formula is C14H23NO2S. The number of fused-ring (bicyclic) bond motifs is 1. The first kappa shape index (κ1) is 13.9. The summed E-state index contributed by atoms with van der Waals surface area (Å²) in [7, 11) is 0. The van der Waals surface area contributed by atoms with Crippen LogP contribution in [0.4, 0.5) is 0 Å². The highest BCUT2D eigenvalue weighted by atomic mass is 32.1. The fourth-order valence-electron chi connectivity index (χ4n) is 2.74. The van der Waals surface area contributed by atoms with Gasteiger partial charge in [-0.25, -0.2) is 0 Å². The van der Waals surface area contributed by atoms with Crippen molar-refractivity contribution in [2.24, 2.45) is 11.8 Å². The van der Waals surface area contributed by atoms with Gasteiger partial charge in [0.2, 0.25) is 11.8 Å². The topological polar surface area (TPSA) is 37.4 Å². The molecule has 0 aromatic rings. The molecule has 2 fully saturated rings. The number of unbranched alkanes of at least 4 members (excludes halogenated alkanes) is 6. The summed E-state index contributed by atoms with van der Waals surface area (Å²) >= 11 is 4.19. The van der Waals surface area contributed by atoms with Crippen molar-refractivity contribution in [2.45, 2.75) is 51.4 Å². The van der Waals surface area contributed by atoms with Crippen molar-refractivity contribution in [1.29, 1.82) is 0 Å². The summed E-state index contributed by atoms with van der Waals surface area (Å²) in [6.45, 7) is 0.654. The molecule has 2 amide bonds. The van der Waals surface area contributed by atoms with Crippen LogP contribution in [-0.4, -0.2) is 29.0 Å². The zero-order valence-corrected chi connectivity index (χ0v) is 11.8. The van der Waals surface area contributed by atoms with Gasteiger partial charge in [0.05, 0.1) is 11.8 Å². The molecule has 4 heteroatoms. The number of amides is 2. The van der Waals surface area contributed by atoms with Crippen LogP contribution in [0.5, 0.6) is 0 Å². The molecule has 1 heterocycles. The highest BCUT2D eigenvalue weighted by Gasteiger charge is 2.58. The van der Waals surface area contributed by atoms with E-state index < -0.39 is 0 Å². The zero-order valence-electron chi connectivity index (χ0n) is 10.9. The third-order valence-corrected chi connectivity index (χ3v) is 4.31. The average Bonchev–Trinajstić information content (AvgIpc) is 3.11. The zero-order chi connectivity index (χ0) is 13.0. The fourth-order valence-corrected chi connectivity index (χ4v) is 2.96. The Balaban J connectivity index is 1.49. The lowest BCUT2D eigenvalue weighted by Crippen LogP contribution is -2.33. The van der Waals surface area contributed by atoms with Gasteiger partial charge in [-0.05, 0) is 25.0 Å². The molecule has 1 aliphatic heterocycles. The van der Waals surface area contributed by atoms with E-state index in [2.05, 4.69) is 12.6 Å². The quantitative estimate of drug-likeness (QED) is 0.397. The Hall–Kier alpha value is -0.510. The molecule has 1 aliphatic carbocycles. The second-order valence-electron chi connectivity index (χ2n) is 5.48. The Bertz CT molecular complexity index is 299. The van der Waals surface area contributed by atoms with E-state index in [9.17, 15) is 9.59 Å². The van der Waals surface area contributed by atoms with E-state index in [-0.39, 0.29) is 23.7 Å². The van der Waals surface area contributed by atoms with Gasteiger partial charge in [0.1, 0.15) is 0 Å². The van der Waals surface area contributed by atoms with Crippen LogP contribution >= 0.6 is 12.6 Å². The number of likely N-dealkylation sites (tertiary alicyclic amines) is 1. The Morgan fingerprint density at radius 2 is 1.39 bits per heavy atom. The summed E-state index contributed by atoms with van der Waals surface area (Å²) in [5.41, 5.74) is 0. The van der Waals surface area contributed by atoms with E-state index in [4.69, 9.17) is 0 Å². The molecule has 0 aromatic heterocycles. The Morgan fingerprint density at radius 3 is 1.94 bits per heavy atom. The highest BCUT2D eigenvalue weighted by molar-refractivity contribution is 7.80. The van der Waals surface area contributed by atoms with Gasteiger partial charge in [-0.2, -0.15) is 12.6 Å². The minimum atomic E-state index is 0.0683.